The molecule has 1 atom stereocenters. The maximum absolute atomic E-state index is 9.37. The second-order valence-corrected chi connectivity index (χ2v) is 7.85. The fourth-order valence-electron chi connectivity index (χ4n) is 3.84. The van der Waals surface area contributed by atoms with Gasteiger partial charge in [-0.1, -0.05) is 13.8 Å². The topological polar surface area (TPSA) is 66.3 Å². The number of benzene rings is 1. The molecule has 0 radical (unpaired) electrons. The van der Waals surface area contributed by atoms with Crippen molar-refractivity contribution in [3.8, 4) is 11.5 Å². The van der Waals surface area contributed by atoms with Gasteiger partial charge in [0, 0.05) is 32.8 Å². The van der Waals surface area contributed by atoms with E-state index in [1.54, 1.807) is 14.2 Å². The maximum atomic E-state index is 9.37. The van der Waals surface area contributed by atoms with Crippen molar-refractivity contribution in [2.45, 2.75) is 46.6 Å². The average molecular weight is 392 g/mol. The molecule has 0 aliphatic carbocycles. The van der Waals surface area contributed by atoms with Gasteiger partial charge in [0.25, 0.3) is 0 Å². The number of aliphatic hydroxyl groups excluding tert-OH is 1. The monoisotopic (exact) mass is 391 g/mol. The molecule has 1 heterocycles. The van der Waals surface area contributed by atoms with Gasteiger partial charge in [0.05, 0.1) is 14.2 Å². The SMILES string of the molecule is CCNC(=NCC(CCO)CC(C)C)N1CCc2cc(OC)c(OC)cc2C1. The van der Waals surface area contributed by atoms with Gasteiger partial charge in [-0.15, -0.1) is 0 Å². The molecule has 0 aromatic heterocycles. The van der Waals surface area contributed by atoms with Crippen molar-refractivity contribution in [3.63, 3.8) is 0 Å². The lowest BCUT2D eigenvalue weighted by Crippen LogP contribution is -2.44. The number of nitrogens with one attached hydrogen (secondary N) is 1. The first-order chi connectivity index (χ1) is 13.5. The Labute approximate surface area is 169 Å². The summed E-state index contributed by atoms with van der Waals surface area (Å²) in [5.74, 6) is 3.54. The molecule has 1 unspecified atom stereocenters. The quantitative estimate of drug-likeness (QED) is 0.500. The summed E-state index contributed by atoms with van der Waals surface area (Å²) >= 11 is 0. The van der Waals surface area contributed by atoms with E-state index >= 15 is 0 Å². The van der Waals surface area contributed by atoms with Crippen LogP contribution in [0.25, 0.3) is 0 Å². The Morgan fingerprint density at radius 1 is 1.21 bits per heavy atom. The molecule has 2 N–H and O–H groups in total. The van der Waals surface area contributed by atoms with Gasteiger partial charge in [-0.25, -0.2) is 0 Å². The Hall–Kier alpha value is -1.95. The summed E-state index contributed by atoms with van der Waals surface area (Å²) in [6.07, 6.45) is 2.84. The van der Waals surface area contributed by atoms with Crippen LogP contribution in [0.3, 0.4) is 0 Å². The van der Waals surface area contributed by atoms with Gasteiger partial charge in [-0.05, 0) is 61.3 Å². The first kappa shape index (κ1) is 22.3. The number of hydrogen-bond acceptors (Lipinski definition) is 4. The summed E-state index contributed by atoms with van der Waals surface area (Å²) in [6, 6.07) is 4.17. The molecule has 0 bridgehead atoms. The van der Waals surface area contributed by atoms with Crippen LogP contribution in [0.15, 0.2) is 17.1 Å². The third-order valence-corrected chi connectivity index (χ3v) is 5.19. The number of aliphatic imine (C=N–C) groups is 1. The lowest BCUT2D eigenvalue weighted by Gasteiger charge is -2.32. The molecule has 0 fully saturated rings. The molecule has 28 heavy (non-hydrogen) atoms. The number of hydrogen-bond donors (Lipinski definition) is 2. The highest BCUT2D eigenvalue weighted by Gasteiger charge is 2.22. The highest BCUT2D eigenvalue weighted by atomic mass is 16.5. The number of methoxy groups -OCH3 is 2. The minimum Gasteiger partial charge on any atom is -0.493 e. The number of guanidine groups is 1. The fraction of sp³-hybridized carbons (Fsp3) is 0.682. The van der Waals surface area contributed by atoms with Gasteiger partial charge >= 0.3 is 0 Å². The number of aliphatic hydroxyl groups is 1. The first-order valence-electron chi connectivity index (χ1n) is 10.4. The minimum atomic E-state index is 0.224. The summed E-state index contributed by atoms with van der Waals surface area (Å²) < 4.78 is 10.9. The summed E-state index contributed by atoms with van der Waals surface area (Å²) in [6.45, 7) is 10.1. The fourth-order valence-corrected chi connectivity index (χ4v) is 3.84. The molecular weight excluding hydrogens is 354 g/mol. The molecule has 1 aliphatic rings. The number of ether oxygens (including phenoxy) is 2. The molecule has 158 valence electrons. The van der Waals surface area contributed by atoms with Crippen LogP contribution in [0.2, 0.25) is 0 Å². The zero-order valence-electron chi connectivity index (χ0n) is 18.1. The third kappa shape index (κ3) is 6.03. The van der Waals surface area contributed by atoms with Gasteiger partial charge in [0.1, 0.15) is 0 Å². The molecule has 1 aromatic carbocycles. The molecular formula is C22H37N3O3. The van der Waals surface area contributed by atoms with Gasteiger partial charge in [0.15, 0.2) is 17.5 Å². The zero-order valence-corrected chi connectivity index (χ0v) is 18.1. The van der Waals surface area contributed by atoms with E-state index in [1.807, 2.05) is 0 Å². The van der Waals surface area contributed by atoms with Crippen molar-refractivity contribution in [3.05, 3.63) is 23.3 Å². The van der Waals surface area contributed by atoms with Crippen LogP contribution in [0.1, 0.15) is 44.7 Å². The average Bonchev–Trinajstić information content (AvgIpc) is 2.69. The van der Waals surface area contributed by atoms with E-state index in [9.17, 15) is 5.11 Å². The Bertz CT molecular complexity index is 646. The summed E-state index contributed by atoms with van der Waals surface area (Å²) in [4.78, 5) is 7.23. The van der Waals surface area contributed by atoms with Crippen LogP contribution in [0.4, 0.5) is 0 Å². The number of fused-ring (bicyclic) bond motifs is 1. The largest absolute Gasteiger partial charge is 0.493 e. The molecule has 0 amide bonds. The highest BCUT2D eigenvalue weighted by molar-refractivity contribution is 5.80. The van der Waals surface area contributed by atoms with Crippen molar-refractivity contribution in [1.29, 1.82) is 0 Å². The van der Waals surface area contributed by atoms with Crippen LogP contribution in [0.5, 0.6) is 11.5 Å². The maximum Gasteiger partial charge on any atom is 0.194 e. The third-order valence-electron chi connectivity index (χ3n) is 5.19. The van der Waals surface area contributed by atoms with Crippen LogP contribution in [0, 0.1) is 11.8 Å². The van der Waals surface area contributed by atoms with Crippen LogP contribution in [-0.2, 0) is 13.0 Å². The summed E-state index contributed by atoms with van der Waals surface area (Å²) in [5.41, 5.74) is 2.56. The lowest BCUT2D eigenvalue weighted by atomic mass is 9.94. The highest BCUT2D eigenvalue weighted by Crippen LogP contribution is 2.33. The van der Waals surface area contributed by atoms with Gasteiger partial charge in [-0.2, -0.15) is 0 Å². The molecule has 1 aliphatic heterocycles. The van der Waals surface area contributed by atoms with Crippen LogP contribution in [-0.4, -0.2) is 56.4 Å². The molecule has 1 aromatic rings. The Kier molecular flexibility index (Phi) is 8.90. The van der Waals surface area contributed by atoms with Crippen molar-refractivity contribution < 1.29 is 14.6 Å². The van der Waals surface area contributed by atoms with E-state index in [4.69, 9.17) is 14.5 Å². The second-order valence-electron chi connectivity index (χ2n) is 7.85. The van der Waals surface area contributed by atoms with E-state index in [2.05, 4.69) is 43.1 Å². The van der Waals surface area contributed by atoms with Gasteiger partial charge in [-0.3, -0.25) is 4.99 Å². The molecule has 0 saturated carbocycles. The molecule has 2 rings (SSSR count). The smallest absolute Gasteiger partial charge is 0.194 e. The standard InChI is InChI=1S/C22H37N3O3/c1-6-23-22(24-14-17(8-10-26)11-16(2)3)25-9-7-18-12-20(27-4)21(28-5)13-19(18)15-25/h12-13,16-17,26H,6-11,14-15H2,1-5H3,(H,23,24). The van der Waals surface area contributed by atoms with Crippen molar-refractivity contribution in [2.24, 2.45) is 16.8 Å². The van der Waals surface area contributed by atoms with Gasteiger partial charge < -0.3 is 24.8 Å². The van der Waals surface area contributed by atoms with E-state index in [0.717, 1.165) is 62.9 Å². The second kappa shape index (κ2) is 11.1. The predicted octanol–water partition coefficient (Wildman–Crippen LogP) is 3.07. The summed E-state index contributed by atoms with van der Waals surface area (Å²) in [5, 5.41) is 12.8. The van der Waals surface area contributed by atoms with E-state index in [0.29, 0.717) is 11.8 Å². The van der Waals surface area contributed by atoms with E-state index in [-0.39, 0.29) is 6.61 Å². The summed E-state index contributed by atoms with van der Waals surface area (Å²) in [7, 11) is 3.35. The van der Waals surface area contributed by atoms with E-state index in [1.165, 1.54) is 11.1 Å². The molecule has 0 saturated heterocycles. The molecule has 6 nitrogen and oxygen atoms in total. The van der Waals surface area contributed by atoms with Crippen molar-refractivity contribution in [1.82, 2.24) is 10.2 Å². The van der Waals surface area contributed by atoms with Crippen molar-refractivity contribution in [2.75, 3.05) is 40.5 Å². The Morgan fingerprint density at radius 2 is 1.89 bits per heavy atom. The predicted molar refractivity (Wildman–Crippen MR) is 114 cm³/mol. The number of rotatable bonds is 9. The minimum absolute atomic E-state index is 0.224. The van der Waals surface area contributed by atoms with Crippen LogP contribution < -0.4 is 14.8 Å². The normalized spacial score (nSPS) is 15.4. The lowest BCUT2D eigenvalue weighted by molar-refractivity contribution is 0.245. The molecule has 0 spiro atoms. The number of nitrogens with zero attached hydrogens (tertiary/aromatic N) is 2. The van der Waals surface area contributed by atoms with Gasteiger partial charge in [0.2, 0.25) is 0 Å². The van der Waals surface area contributed by atoms with E-state index < -0.39 is 0 Å². The Morgan fingerprint density at radius 3 is 2.46 bits per heavy atom. The Balaban J connectivity index is 2.16. The zero-order chi connectivity index (χ0) is 20.5. The molecule has 6 heteroatoms. The first-order valence-corrected chi connectivity index (χ1v) is 10.4. The van der Waals surface area contributed by atoms with Crippen LogP contribution >= 0.6 is 0 Å². The van der Waals surface area contributed by atoms with Crippen molar-refractivity contribution >= 4 is 5.96 Å².